The number of aryl methyl sites for hydroxylation is 2. The summed E-state index contributed by atoms with van der Waals surface area (Å²) in [4.78, 5) is 35.0. The first-order valence-corrected chi connectivity index (χ1v) is 21.9. The topological polar surface area (TPSA) is 208 Å². The third-order valence-corrected chi connectivity index (χ3v) is 9.92. The molecular formula is C43H70NO12P. The summed E-state index contributed by atoms with van der Waals surface area (Å²) in [6.45, 7) is 7.22. The molecule has 1 aromatic rings. The molecule has 324 valence electrons. The number of hydrogen-bond donors (Lipinski definition) is 5. The first-order chi connectivity index (χ1) is 27.3. The molecule has 13 nitrogen and oxygen atoms in total. The molecule has 0 amide bonds. The Morgan fingerprint density at radius 3 is 2.05 bits per heavy atom. The fourth-order valence-corrected chi connectivity index (χ4v) is 6.32. The predicted molar refractivity (Wildman–Crippen MR) is 222 cm³/mol. The van der Waals surface area contributed by atoms with E-state index in [2.05, 4.69) is 20.8 Å². The summed E-state index contributed by atoms with van der Waals surface area (Å²) in [6, 6.07) is 0. The van der Waals surface area contributed by atoms with Gasteiger partial charge in [-0.3, -0.25) is 18.6 Å². The summed E-state index contributed by atoms with van der Waals surface area (Å²) in [6.07, 6.45) is 23.6. The van der Waals surface area contributed by atoms with E-state index < -0.39 is 57.4 Å². The van der Waals surface area contributed by atoms with Crippen LogP contribution in [0.5, 0.6) is 0 Å². The Morgan fingerprint density at radius 2 is 1.39 bits per heavy atom. The van der Waals surface area contributed by atoms with E-state index in [0.717, 1.165) is 69.3 Å². The standard InChI is InChI=1S/C43H70NO12P/c1-5-7-16-23-36(45)24-17-12-8-9-13-18-25-38(46)39(47)26-21-29-42(48)52-32-37(33-54-57(50,51)53-31-30-44)55-43(49)28-20-15-11-10-14-19-27-41-35(4)34(3)40(56-41)22-6-2/h7-9,12-13,16-18,24-25,36-39,45-47H,5-6,10-11,14-15,19-23,26-33,44H2,1-4H3,(H,50,51)/b12-8+,13-9-,16-7-,24-17+,25-18-/t36-,37-,38+,39+/m1/s1. The lowest BCUT2D eigenvalue weighted by Gasteiger charge is -2.20. The molecule has 0 bridgehead atoms. The van der Waals surface area contributed by atoms with Crippen LogP contribution in [0.2, 0.25) is 0 Å². The zero-order valence-electron chi connectivity index (χ0n) is 34.6. The Morgan fingerprint density at radius 1 is 0.772 bits per heavy atom. The Kier molecular flexibility index (Phi) is 29.0. The molecule has 0 aliphatic rings. The molecule has 0 aliphatic heterocycles. The number of allylic oxidation sites excluding steroid dienone is 7. The largest absolute Gasteiger partial charge is 0.472 e. The van der Waals surface area contributed by atoms with Gasteiger partial charge in [0.05, 0.1) is 31.5 Å². The van der Waals surface area contributed by atoms with Gasteiger partial charge in [0, 0.05) is 32.2 Å². The number of rotatable bonds is 33. The van der Waals surface area contributed by atoms with Crippen molar-refractivity contribution in [2.75, 3.05) is 26.4 Å². The summed E-state index contributed by atoms with van der Waals surface area (Å²) in [5.74, 6) is 0.973. The molecule has 0 aliphatic carbocycles. The molecule has 0 saturated heterocycles. The van der Waals surface area contributed by atoms with E-state index in [4.69, 9.17) is 28.7 Å². The smallest absolute Gasteiger partial charge is 0.466 e. The number of esters is 2. The number of nitrogens with two attached hydrogens (primary N) is 1. The quantitative estimate of drug-likeness (QED) is 0.0153. The number of ether oxygens (including phenoxy) is 2. The second kappa shape index (κ2) is 31.8. The van der Waals surface area contributed by atoms with Crippen LogP contribution in [0.3, 0.4) is 0 Å². The molecule has 0 saturated carbocycles. The average Bonchev–Trinajstić information content (AvgIpc) is 3.44. The van der Waals surface area contributed by atoms with Crippen molar-refractivity contribution in [3.05, 3.63) is 83.4 Å². The van der Waals surface area contributed by atoms with Crippen LogP contribution in [0.4, 0.5) is 0 Å². The zero-order chi connectivity index (χ0) is 42.3. The van der Waals surface area contributed by atoms with Crippen molar-refractivity contribution in [1.82, 2.24) is 0 Å². The van der Waals surface area contributed by atoms with Crippen LogP contribution in [0.15, 0.2) is 65.2 Å². The zero-order valence-corrected chi connectivity index (χ0v) is 35.5. The van der Waals surface area contributed by atoms with E-state index in [1.165, 1.54) is 17.2 Å². The lowest BCUT2D eigenvalue weighted by Crippen LogP contribution is -2.30. The van der Waals surface area contributed by atoms with Crippen molar-refractivity contribution in [2.45, 2.75) is 148 Å². The van der Waals surface area contributed by atoms with E-state index in [1.54, 1.807) is 42.5 Å². The van der Waals surface area contributed by atoms with E-state index in [-0.39, 0.29) is 38.8 Å². The minimum absolute atomic E-state index is 0.00711. The van der Waals surface area contributed by atoms with Crippen LogP contribution in [-0.2, 0) is 45.5 Å². The number of phosphoric ester groups is 1. The van der Waals surface area contributed by atoms with Crippen molar-refractivity contribution < 1.29 is 57.3 Å². The molecule has 0 radical (unpaired) electrons. The maximum absolute atomic E-state index is 12.6. The Bertz CT molecular complexity index is 1450. The molecule has 1 rings (SSSR count). The van der Waals surface area contributed by atoms with Crippen LogP contribution in [0.25, 0.3) is 0 Å². The van der Waals surface area contributed by atoms with Gasteiger partial charge in [0.2, 0.25) is 0 Å². The Hall–Kier alpha value is -3.13. The normalized spacial score (nSPS) is 15.6. The van der Waals surface area contributed by atoms with Crippen LogP contribution in [0, 0.1) is 13.8 Å². The molecule has 5 atom stereocenters. The number of aliphatic hydroxyl groups excluding tert-OH is 3. The average molecular weight is 824 g/mol. The number of furan rings is 1. The van der Waals surface area contributed by atoms with Crippen molar-refractivity contribution >= 4 is 19.8 Å². The molecule has 0 spiro atoms. The van der Waals surface area contributed by atoms with E-state index in [1.807, 2.05) is 19.1 Å². The van der Waals surface area contributed by atoms with Crippen molar-refractivity contribution in [2.24, 2.45) is 5.73 Å². The third kappa shape index (κ3) is 25.8. The van der Waals surface area contributed by atoms with Gasteiger partial charge in [-0.25, -0.2) is 4.57 Å². The number of hydrogen-bond acceptors (Lipinski definition) is 12. The maximum atomic E-state index is 12.6. The van der Waals surface area contributed by atoms with Gasteiger partial charge in [-0.1, -0.05) is 100 Å². The van der Waals surface area contributed by atoms with E-state index in [0.29, 0.717) is 12.8 Å². The van der Waals surface area contributed by atoms with Gasteiger partial charge in [-0.05, 0) is 69.9 Å². The van der Waals surface area contributed by atoms with Gasteiger partial charge in [0.25, 0.3) is 0 Å². The highest BCUT2D eigenvalue weighted by Gasteiger charge is 2.26. The van der Waals surface area contributed by atoms with Crippen LogP contribution < -0.4 is 5.73 Å². The number of carbonyl (C=O) groups excluding carboxylic acids is 2. The van der Waals surface area contributed by atoms with Crippen LogP contribution in [-0.4, -0.2) is 82.9 Å². The Labute approximate surface area is 340 Å². The summed E-state index contributed by atoms with van der Waals surface area (Å²) < 4.78 is 38.6. The highest BCUT2D eigenvalue weighted by atomic mass is 31.2. The second-order valence-corrected chi connectivity index (χ2v) is 15.4. The number of unbranched alkanes of at least 4 members (excludes halogenated alkanes) is 5. The van der Waals surface area contributed by atoms with Gasteiger partial charge in [0.15, 0.2) is 6.10 Å². The molecule has 1 unspecified atom stereocenters. The van der Waals surface area contributed by atoms with E-state index in [9.17, 15) is 34.4 Å². The molecule has 14 heteroatoms. The van der Waals surface area contributed by atoms with Crippen LogP contribution in [0.1, 0.15) is 120 Å². The van der Waals surface area contributed by atoms with Gasteiger partial charge >= 0.3 is 19.8 Å². The molecule has 57 heavy (non-hydrogen) atoms. The minimum Gasteiger partial charge on any atom is -0.466 e. The molecule has 6 N–H and O–H groups in total. The predicted octanol–water partition coefficient (Wildman–Crippen LogP) is 7.50. The van der Waals surface area contributed by atoms with Crippen molar-refractivity contribution in [3.8, 4) is 0 Å². The van der Waals surface area contributed by atoms with Gasteiger partial charge in [0.1, 0.15) is 18.1 Å². The molecule has 0 fully saturated rings. The number of aliphatic hydroxyl groups is 3. The molecule has 1 heterocycles. The van der Waals surface area contributed by atoms with Gasteiger partial charge < -0.3 is 39.8 Å². The lowest BCUT2D eigenvalue weighted by atomic mass is 10.0. The summed E-state index contributed by atoms with van der Waals surface area (Å²) in [5, 5.41) is 30.4. The fraction of sp³-hybridized carbons (Fsp3) is 0.628. The highest BCUT2D eigenvalue weighted by Crippen LogP contribution is 2.43. The number of carbonyl (C=O) groups is 2. The number of phosphoric acid groups is 1. The minimum atomic E-state index is -4.48. The fourth-order valence-electron chi connectivity index (χ4n) is 5.55. The van der Waals surface area contributed by atoms with Gasteiger partial charge in [-0.15, -0.1) is 0 Å². The molecule has 0 aromatic carbocycles. The summed E-state index contributed by atoms with van der Waals surface area (Å²) >= 11 is 0. The first kappa shape index (κ1) is 51.9. The maximum Gasteiger partial charge on any atom is 0.472 e. The lowest BCUT2D eigenvalue weighted by molar-refractivity contribution is -0.161. The second-order valence-electron chi connectivity index (χ2n) is 13.9. The van der Waals surface area contributed by atoms with Gasteiger partial charge in [-0.2, -0.15) is 0 Å². The third-order valence-electron chi connectivity index (χ3n) is 8.93. The molecular weight excluding hydrogens is 753 g/mol. The van der Waals surface area contributed by atoms with Crippen molar-refractivity contribution in [3.63, 3.8) is 0 Å². The van der Waals surface area contributed by atoms with Crippen molar-refractivity contribution in [1.29, 1.82) is 0 Å². The van der Waals surface area contributed by atoms with Crippen LogP contribution >= 0.6 is 7.82 Å². The Balaban J connectivity index is 2.44. The molecule has 1 aromatic heterocycles. The summed E-state index contributed by atoms with van der Waals surface area (Å²) in [7, 11) is -4.48. The summed E-state index contributed by atoms with van der Waals surface area (Å²) in [5.41, 5.74) is 7.84. The van der Waals surface area contributed by atoms with E-state index >= 15 is 0 Å². The highest BCUT2D eigenvalue weighted by molar-refractivity contribution is 7.47. The SMILES string of the molecule is CC/C=C\C[C@@H](O)/C=C/C=C/C=C\C=C/[C@H](O)[C@@H](O)CCCC(=O)OC[C@H](COP(=O)(O)OCCN)OC(=O)CCCCCCCCc1oc(CCC)c(C)c1C. The first-order valence-electron chi connectivity index (χ1n) is 20.5. The monoisotopic (exact) mass is 823 g/mol.